The zero-order valence-electron chi connectivity index (χ0n) is 9.01. The van der Waals surface area contributed by atoms with Crippen LogP contribution in [0.4, 0.5) is 0 Å². The Labute approximate surface area is 111 Å². The normalized spacial score (nSPS) is 11.4. The van der Waals surface area contributed by atoms with E-state index in [4.69, 9.17) is 15.7 Å². The maximum absolute atomic E-state index is 11.8. The van der Waals surface area contributed by atoms with Gasteiger partial charge in [-0.05, 0) is 21.8 Å². The Balaban J connectivity index is 2.59. The van der Waals surface area contributed by atoms with Gasteiger partial charge in [0.05, 0.1) is 15.7 Å². The molecule has 2 aromatic rings. The van der Waals surface area contributed by atoms with Crippen LogP contribution in [0.2, 0.25) is 0 Å². The summed E-state index contributed by atoms with van der Waals surface area (Å²) in [6, 6.07) is 12.3. The van der Waals surface area contributed by atoms with E-state index in [1.54, 1.807) is 12.3 Å². The van der Waals surface area contributed by atoms with E-state index in [0.29, 0.717) is 5.56 Å². The van der Waals surface area contributed by atoms with Gasteiger partial charge in [-0.1, -0.05) is 24.3 Å². The number of benzene rings is 1. The van der Waals surface area contributed by atoms with Gasteiger partial charge >= 0.3 is 0 Å². The van der Waals surface area contributed by atoms with Crippen molar-refractivity contribution < 1.29 is 0 Å². The average Bonchev–Trinajstić information content (AvgIpc) is 2.29. The van der Waals surface area contributed by atoms with Gasteiger partial charge in [0, 0.05) is 18.0 Å². The molecule has 80 valence electrons. The number of halogens is 1. The van der Waals surface area contributed by atoms with Crippen LogP contribution < -0.4 is 5.56 Å². The second kappa shape index (κ2) is 4.57. The Kier molecular flexibility index (Phi) is 3.29. The molecule has 0 unspecified atom stereocenters. The standard InChI is InChI=1S/C12H8B2BrNO/c13-12(14,15)9-6-7-11(17)16(8-9)10-4-2-1-3-5-10/h1-8H. The highest BCUT2D eigenvalue weighted by atomic mass is 79.9. The molecule has 4 radical (unpaired) electrons. The van der Waals surface area contributed by atoms with Gasteiger partial charge in [-0.15, -0.1) is 15.9 Å². The third-order valence-corrected chi connectivity index (χ3v) is 2.85. The predicted octanol–water partition coefficient (Wildman–Crippen LogP) is 1.68. The lowest BCUT2D eigenvalue weighted by Gasteiger charge is -2.19. The largest absolute Gasteiger partial charge is 0.284 e. The molecular weight excluding hydrogens is 276 g/mol. The molecule has 0 spiro atoms. The van der Waals surface area contributed by atoms with E-state index in [1.165, 1.54) is 10.6 Å². The van der Waals surface area contributed by atoms with Crippen LogP contribution in [0.15, 0.2) is 53.5 Å². The Morgan fingerprint density at radius 3 is 2.29 bits per heavy atom. The zero-order valence-corrected chi connectivity index (χ0v) is 10.6. The first kappa shape index (κ1) is 12.2. The maximum atomic E-state index is 11.8. The summed E-state index contributed by atoms with van der Waals surface area (Å²) in [5.74, 6) is 0. The lowest BCUT2D eigenvalue weighted by molar-refractivity contribution is 0.965. The van der Waals surface area contributed by atoms with Crippen LogP contribution in [0, 0.1) is 0 Å². The third-order valence-electron chi connectivity index (χ3n) is 2.39. The minimum atomic E-state index is -1.14. The molecule has 0 saturated heterocycles. The number of hydrogen-bond donors (Lipinski definition) is 0. The van der Waals surface area contributed by atoms with E-state index < -0.39 is 4.12 Å². The highest BCUT2D eigenvalue weighted by molar-refractivity contribution is 9.10. The van der Waals surface area contributed by atoms with Crippen molar-refractivity contribution in [3.05, 3.63) is 64.6 Å². The van der Waals surface area contributed by atoms with Gasteiger partial charge in [-0.3, -0.25) is 9.36 Å². The van der Waals surface area contributed by atoms with Gasteiger partial charge in [0.25, 0.3) is 5.56 Å². The number of rotatable bonds is 2. The van der Waals surface area contributed by atoms with Gasteiger partial charge in [0.1, 0.15) is 0 Å². The molecule has 2 nitrogen and oxygen atoms in total. The lowest BCUT2D eigenvalue weighted by atomic mass is 9.67. The van der Waals surface area contributed by atoms with Crippen LogP contribution >= 0.6 is 15.9 Å². The molecule has 0 aliphatic heterocycles. The fourth-order valence-electron chi connectivity index (χ4n) is 1.50. The summed E-state index contributed by atoms with van der Waals surface area (Å²) >= 11 is 3.16. The van der Waals surface area contributed by atoms with Crippen molar-refractivity contribution in [2.45, 2.75) is 4.12 Å². The lowest BCUT2D eigenvalue weighted by Crippen LogP contribution is -2.23. The van der Waals surface area contributed by atoms with Crippen molar-refractivity contribution in [3.63, 3.8) is 0 Å². The van der Waals surface area contributed by atoms with E-state index in [-0.39, 0.29) is 5.56 Å². The van der Waals surface area contributed by atoms with Crippen molar-refractivity contribution in [2.24, 2.45) is 0 Å². The summed E-state index contributed by atoms with van der Waals surface area (Å²) in [6.07, 6.45) is 1.63. The molecule has 0 saturated carbocycles. The van der Waals surface area contributed by atoms with E-state index >= 15 is 0 Å². The van der Waals surface area contributed by atoms with Crippen LogP contribution in [0.5, 0.6) is 0 Å². The molecule has 0 bridgehead atoms. The number of para-hydroxylation sites is 1. The fraction of sp³-hybridized carbons (Fsp3) is 0.0833. The molecule has 5 heteroatoms. The molecule has 2 rings (SSSR count). The molecule has 0 atom stereocenters. The van der Waals surface area contributed by atoms with Gasteiger partial charge in [0.2, 0.25) is 0 Å². The number of nitrogens with zero attached hydrogens (tertiary/aromatic N) is 1. The summed E-state index contributed by atoms with van der Waals surface area (Å²) in [7, 11) is 11.5. The van der Waals surface area contributed by atoms with E-state index in [0.717, 1.165) is 5.69 Å². The molecule has 17 heavy (non-hydrogen) atoms. The first-order valence-electron chi connectivity index (χ1n) is 5.04. The molecule has 0 fully saturated rings. The van der Waals surface area contributed by atoms with Gasteiger partial charge in [0.15, 0.2) is 0 Å². The number of pyridine rings is 1. The Morgan fingerprint density at radius 2 is 1.71 bits per heavy atom. The molecular formula is C12H8B2BrNO. The fourth-order valence-corrected chi connectivity index (χ4v) is 1.74. The van der Waals surface area contributed by atoms with Crippen LogP contribution in [-0.4, -0.2) is 20.3 Å². The van der Waals surface area contributed by atoms with Crippen LogP contribution in [0.3, 0.4) is 0 Å². The van der Waals surface area contributed by atoms with Crippen molar-refractivity contribution in [1.29, 1.82) is 0 Å². The summed E-state index contributed by atoms with van der Waals surface area (Å²) in [5.41, 5.74) is 1.27. The minimum Gasteiger partial charge on any atom is -0.284 e. The van der Waals surface area contributed by atoms with E-state index in [9.17, 15) is 4.79 Å². The third kappa shape index (κ3) is 2.72. The average molecular weight is 284 g/mol. The maximum Gasteiger partial charge on any atom is 0.255 e. The van der Waals surface area contributed by atoms with Crippen LogP contribution in [0.25, 0.3) is 5.69 Å². The Morgan fingerprint density at radius 1 is 1.06 bits per heavy atom. The second-order valence-corrected chi connectivity index (χ2v) is 5.04. The Hall–Kier alpha value is -1.22. The van der Waals surface area contributed by atoms with Crippen molar-refractivity contribution in [3.8, 4) is 5.69 Å². The first-order valence-corrected chi connectivity index (χ1v) is 5.83. The second-order valence-electron chi connectivity index (χ2n) is 3.73. The highest BCUT2D eigenvalue weighted by Crippen LogP contribution is 2.22. The van der Waals surface area contributed by atoms with E-state index in [2.05, 4.69) is 15.9 Å². The van der Waals surface area contributed by atoms with Crippen molar-refractivity contribution in [2.75, 3.05) is 0 Å². The van der Waals surface area contributed by atoms with E-state index in [1.807, 2.05) is 30.3 Å². The SMILES string of the molecule is [B]C([B])(Br)c1ccc(=O)n(-c2ccccc2)c1. The number of aromatic nitrogens is 1. The highest BCUT2D eigenvalue weighted by Gasteiger charge is 2.16. The monoisotopic (exact) mass is 283 g/mol. The van der Waals surface area contributed by atoms with Gasteiger partial charge in [-0.2, -0.15) is 0 Å². The molecule has 0 amide bonds. The summed E-state index contributed by atoms with van der Waals surface area (Å²) < 4.78 is 0.363. The predicted molar refractivity (Wildman–Crippen MR) is 74.2 cm³/mol. The van der Waals surface area contributed by atoms with Crippen LogP contribution in [-0.2, 0) is 4.12 Å². The molecule has 1 aromatic carbocycles. The van der Waals surface area contributed by atoms with Crippen LogP contribution in [0.1, 0.15) is 5.56 Å². The smallest absolute Gasteiger partial charge is 0.255 e. The molecule has 1 heterocycles. The van der Waals surface area contributed by atoms with Gasteiger partial charge < -0.3 is 0 Å². The topological polar surface area (TPSA) is 22.0 Å². The van der Waals surface area contributed by atoms with Crippen molar-refractivity contribution >= 4 is 31.6 Å². The summed E-state index contributed by atoms with van der Waals surface area (Å²) in [6.45, 7) is 0. The number of alkyl halides is 1. The molecule has 1 aromatic heterocycles. The molecule has 0 aliphatic rings. The van der Waals surface area contributed by atoms with Crippen molar-refractivity contribution in [1.82, 2.24) is 4.57 Å². The zero-order chi connectivity index (χ0) is 12.5. The Bertz CT molecular complexity index is 575. The van der Waals surface area contributed by atoms with Gasteiger partial charge in [-0.25, -0.2) is 0 Å². The summed E-state index contributed by atoms with van der Waals surface area (Å²) in [5, 5.41) is 0. The summed E-state index contributed by atoms with van der Waals surface area (Å²) in [4.78, 5) is 11.8. The quantitative estimate of drug-likeness (QED) is 0.607. The first-order chi connectivity index (χ1) is 7.98. The minimum absolute atomic E-state index is 0.128. The number of hydrogen-bond acceptors (Lipinski definition) is 1. The molecule has 0 N–H and O–H groups in total. The molecule has 0 aliphatic carbocycles.